The Bertz CT molecular complexity index is 904. The van der Waals surface area contributed by atoms with E-state index in [0.717, 1.165) is 37.1 Å². The van der Waals surface area contributed by atoms with Crippen molar-refractivity contribution in [1.29, 1.82) is 0 Å². The zero-order chi connectivity index (χ0) is 21.3. The number of aryl methyl sites for hydroxylation is 1. The minimum Gasteiger partial charge on any atom is -0.493 e. The van der Waals surface area contributed by atoms with E-state index in [0.29, 0.717) is 24.0 Å². The number of aliphatic imine (C=N–C) groups is 1. The topological polar surface area (TPSA) is 75.2 Å². The molecule has 7 nitrogen and oxygen atoms in total. The Hall–Kier alpha value is -2.49. The van der Waals surface area contributed by atoms with Crippen LogP contribution in [0.3, 0.4) is 0 Å². The van der Waals surface area contributed by atoms with Gasteiger partial charge in [-0.3, -0.25) is 9.79 Å². The van der Waals surface area contributed by atoms with E-state index in [-0.39, 0.29) is 36.4 Å². The van der Waals surface area contributed by atoms with Crippen molar-refractivity contribution >= 4 is 41.5 Å². The molecule has 0 aliphatic carbocycles. The van der Waals surface area contributed by atoms with Gasteiger partial charge in [-0.2, -0.15) is 0 Å². The number of hydrogen-bond donors (Lipinski definition) is 2. The summed E-state index contributed by atoms with van der Waals surface area (Å²) in [6.45, 7) is 1.63. The zero-order valence-electron chi connectivity index (χ0n) is 18.3. The molecule has 0 unspecified atom stereocenters. The highest BCUT2D eigenvalue weighted by atomic mass is 127. The summed E-state index contributed by atoms with van der Waals surface area (Å²) in [7, 11) is 4.95. The van der Waals surface area contributed by atoms with Gasteiger partial charge >= 0.3 is 0 Å². The van der Waals surface area contributed by atoms with Crippen molar-refractivity contribution in [3.05, 3.63) is 53.6 Å². The van der Waals surface area contributed by atoms with Crippen LogP contribution in [-0.2, 0) is 17.6 Å². The summed E-state index contributed by atoms with van der Waals surface area (Å²) < 4.78 is 10.6. The van der Waals surface area contributed by atoms with Crippen LogP contribution in [0.4, 0.5) is 5.69 Å². The lowest BCUT2D eigenvalue weighted by atomic mass is 10.0. The van der Waals surface area contributed by atoms with Gasteiger partial charge in [0.2, 0.25) is 5.91 Å². The molecule has 2 N–H and O–H groups in total. The fourth-order valence-electron chi connectivity index (χ4n) is 3.63. The number of carbonyl (C=O) groups is 1. The van der Waals surface area contributed by atoms with Crippen LogP contribution in [-0.4, -0.2) is 52.8 Å². The fraction of sp³-hybridized carbons (Fsp3) is 0.391. The standard InChI is InChI=1S/C23H30N4O3.HI/c1-24-23(25-13-12-17-10-11-20(29-2)21(15-17)30-3)26-16-22(28)27-14-6-8-18-7-4-5-9-19(18)27;/h4-5,7,9-11,15H,6,8,12-14,16H2,1-3H3,(H2,24,25,26);1H. The Balaban J connectivity index is 0.00000341. The second kappa shape index (κ2) is 12.4. The number of guanidine groups is 1. The first kappa shape index (κ1) is 24.8. The first-order chi connectivity index (χ1) is 14.7. The SMILES string of the molecule is CN=C(NCCc1ccc(OC)c(OC)c1)NCC(=O)N1CCCc2ccccc21.I. The number of fused-ring (bicyclic) bond motifs is 1. The summed E-state index contributed by atoms with van der Waals surface area (Å²) in [4.78, 5) is 18.8. The van der Waals surface area contributed by atoms with Gasteiger partial charge in [0.15, 0.2) is 17.5 Å². The molecule has 31 heavy (non-hydrogen) atoms. The number of carbonyl (C=O) groups excluding carboxylic acids is 1. The number of anilines is 1. The summed E-state index contributed by atoms with van der Waals surface area (Å²) in [5, 5.41) is 6.38. The Kier molecular flexibility index (Phi) is 9.90. The zero-order valence-corrected chi connectivity index (χ0v) is 20.6. The van der Waals surface area contributed by atoms with Crippen molar-refractivity contribution < 1.29 is 14.3 Å². The van der Waals surface area contributed by atoms with Crippen LogP contribution >= 0.6 is 24.0 Å². The molecule has 1 aliphatic heterocycles. The highest BCUT2D eigenvalue weighted by molar-refractivity contribution is 14.0. The maximum absolute atomic E-state index is 12.8. The maximum Gasteiger partial charge on any atom is 0.246 e. The van der Waals surface area contributed by atoms with Crippen LogP contribution in [0.5, 0.6) is 11.5 Å². The number of rotatable bonds is 7. The molecule has 0 radical (unpaired) electrons. The molecule has 0 bridgehead atoms. The molecule has 0 aromatic heterocycles. The predicted octanol–water partition coefficient (Wildman–Crippen LogP) is 3.01. The highest BCUT2D eigenvalue weighted by Gasteiger charge is 2.21. The van der Waals surface area contributed by atoms with Crippen LogP contribution in [0.25, 0.3) is 0 Å². The smallest absolute Gasteiger partial charge is 0.246 e. The van der Waals surface area contributed by atoms with E-state index >= 15 is 0 Å². The third kappa shape index (κ3) is 6.49. The molecule has 0 saturated heterocycles. The summed E-state index contributed by atoms with van der Waals surface area (Å²) in [5.41, 5.74) is 3.37. The summed E-state index contributed by atoms with van der Waals surface area (Å²) in [5.74, 6) is 2.08. The summed E-state index contributed by atoms with van der Waals surface area (Å²) in [6, 6.07) is 14.0. The van der Waals surface area contributed by atoms with Crippen molar-refractivity contribution in [1.82, 2.24) is 10.6 Å². The Morgan fingerprint density at radius 1 is 1.10 bits per heavy atom. The number of nitrogens with one attached hydrogen (secondary N) is 2. The number of benzene rings is 2. The van der Waals surface area contributed by atoms with Gasteiger partial charge in [-0.15, -0.1) is 24.0 Å². The van der Waals surface area contributed by atoms with Crippen LogP contribution in [0, 0.1) is 0 Å². The van der Waals surface area contributed by atoms with Gasteiger partial charge in [0.05, 0.1) is 20.8 Å². The number of nitrogens with zero attached hydrogens (tertiary/aromatic N) is 2. The molecule has 0 atom stereocenters. The molecule has 1 aliphatic rings. The van der Waals surface area contributed by atoms with E-state index in [1.54, 1.807) is 21.3 Å². The maximum atomic E-state index is 12.8. The molecule has 2 aromatic carbocycles. The number of methoxy groups -OCH3 is 2. The number of amides is 1. The van der Waals surface area contributed by atoms with Crippen molar-refractivity contribution in [3.8, 4) is 11.5 Å². The van der Waals surface area contributed by atoms with Gasteiger partial charge in [-0.25, -0.2) is 0 Å². The van der Waals surface area contributed by atoms with Crippen molar-refractivity contribution in [2.45, 2.75) is 19.3 Å². The van der Waals surface area contributed by atoms with Gasteiger partial charge in [-0.1, -0.05) is 24.3 Å². The molecule has 1 amide bonds. The molecule has 2 aromatic rings. The average Bonchev–Trinajstić information content (AvgIpc) is 2.80. The third-order valence-electron chi connectivity index (χ3n) is 5.20. The minimum absolute atomic E-state index is 0. The monoisotopic (exact) mass is 538 g/mol. The predicted molar refractivity (Wildman–Crippen MR) is 135 cm³/mol. The van der Waals surface area contributed by atoms with Crippen LogP contribution in [0.15, 0.2) is 47.5 Å². The van der Waals surface area contributed by atoms with Gasteiger partial charge in [0, 0.05) is 25.8 Å². The molecular formula is C23H31IN4O3. The van der Waals surface area contributed by atoms with E-state index in [9.17, 15) is 4.79 Å². The van der Waals surface area contributed by atoms with Gasteiger partial charge in [0.1, 0.15) is 0 Å². The summed E-state index contributed by atoms with van der Waals surface area (Å²) in [6.07, 6.45) is 2.79. The molecule has 8 heteroatoms. The minimum atomic E-state index is 0. The normalized spacial score (nSPS) is 13.0. The lowest BCUT2D eigenvalue weighted by molar-refractivity contribution is -0.117. The van der Waals surface area contributed by atoms with E-state index in [1.165, 1.54) is 5.56 Å². The van der Waals surface area contributed by atoms with E-state index < -0.39 is 0 Å². The highest BCUT2D eigenvalue weighted by Crippen LogP contribution is 2.28. The lowest BCUT2D eigenvalue weighted by Gasteiger charge is -2.29. The molecular weight excluding hydrogens is 507 g/mol. The quantitative estimate of drug-likeness (QED) is 0.322. The van der Waals surface area contributed by atoms with Crippen molar-refractivity contribution in [2.24, 2.45) is 4.99 Å². The number of hydrogen-bond acceptors (Lipinski definition) is 4. The summed E-state index contributed by atoms with van der Waals surface area (Å²) >= 11 is 0. The molecule has 1 heterocycles. The molecule has 3 rings (SSSR count). The first-order valence-electron chi connectivity index (χ1n) is 10.2. The molecule has 168 valence electrons. The van der Waals surface area contributed by atoms with Crippen molar-refractivity contribution in [3.63, 3.8) is 0 Å². The van der Waals surface area contributed by atoms with E-state index in [1.807, 2.05) is 41.3 Å². The molecule has 0 spiro atoms. The third-order valence-corrected chi connectivity index (χ3v) is 5.20. The lowest BCUT2D eigenvalue weighted by Crippen LogP contribution is -2.46. The van der Waals surface area contributed by atoms with Crippen molar-refractivity contribution in [2.75, 3.05) is 45.8 Å². The fourth-order valence-corrected chi connectivity index (χ4v) is 3.63. The number of halogens is 1. The van der Waals surface area contributed by atoms with Crippen LogP contribution in [0.2, 0.25) is 0 Å². The van der Waals surface area contributed by atoms with Crippen LogP contribution < -0.4 is 25.0 Å². The number of ether oxygens (including phenoxy) is 2. The number of para-hydroxylation sites is 1. The Morgan fingerprint density at radius 2 is 1.87 bits per heavy atom. The van der Waals surface area contributed by atoms with E-state index in [2.05, 4.69) is 21.7 Å². The molecule has 0 saturated carbocycles. The molecule has 0 fully saturated rings. The Morgan fingerprint density at radius 3 is 2.61 bits per heavy atom. The largest absolute Gasteiger partial charge is 0.493 e. The van der Waals surface area contributed by atoms with Gasteiger partial charge in [-0.05, 0) is 48.6 Å². The van der Waals surface area contributed by atoms with Gasteiger partial charge in [0.25, 0.3) is 0 Å². The Labute approximate surface area is 201 Å². The van der Waals surface area contributed by atoms with E-state index in [4.69, 9.17) is 9.47 Å². The van der Waals surface area contributed by atoms with Gasteiger partial charge < -0.3 is 25.0 Å². The van der Waals surface area contributed by atoms with Crippen LogP contribution in [0.1, 0.15) is 17.5 Å². The average molecular weight is 538 g/mol. The second-order valence-corrected chi connectivity index (χ2v) is 7.07. The second-order valence-electron chi connectivity index (χ2n) is 7.07. The first-order valence-corrected chi connectivity index (χ1v) is 10.2.